The van der Waals surface area contributed by atoms with Gasteiger partial charge in [0.05, 0.1) is 11.6 Å². The molecule has 1 aliphatic rings. The minimum Gasteiger partial charge on any atom is -0.378 e. The van der Waals surface area contributed by atoms with E-state index in [0.717, 1.165) is 25.4 Å². The lowest BCUT2D eigenvalue weighted by Crippen LogP contribution is -2.51. The molecule has 3 N–H and O–H groups in total. The van der Waals surface area contributed by atoms with Gasteiger partial charge in [-0.2, -0.15) is 0 Å². The number of rotatable bonds is 8. The Morgan fingerprint density at radius 3 is 2.68 bits per heavy atom. The number of ether oxygens (including phenoxy) is 1. The Hall–Kier alpha value is -0.610. The molecule has 0 heterocycles. The largest absolute Gasteiger partial charge is 0.378 e. The number of nitrogens with two attached hydrogens (primary N) is 1. The molecule has 4 heteroatoms. The number of carbonyl (C=O) groups excluding carboxylic acids is 1. The maximum absolute atomic E-state index is 11.4. The molecule has 0 aliphatic heterocycles. The van der Waals surface area contributed by atoms with E-state index in [2.05, 4.69) is 12.2 Å². The summed E-state index contributed by atoms with van der Waals surface area (Å²) in [5.41, 5.74) is 4.80. The van der Waals surface area contributed by atoms with Crippen molar-refractivity contribution in [2.75, 3.05) is 13.7 Å². The molecule has 4 nitrogen and oxygen atoms in total. The quantitative estimate of drug-likeness (QED) is 0.665. The SMILES string of the molecule is CCC1CCCCC1OCCCC(C)(NC)C(N)=O. The molecular formula is C15H30N2O2. The number of hydrogen-bond donors (Lipinski definition) is 2. The lowest BCUT2D eigenvalue weighted by atomic mass is 9.85. The van der Waals surface area contributed by atoms with Crippen molar-refractivity contribution in [3.8, 4) is 0 Å². The van der Waals surface area contributed by atoms with Gasteiger partial charge in [-0.1, -0.05) is 26.2 Å². The summed E-state index contributed by atoms with van der Waals surface area (Å²) >= 11 is 0. The van der Waals surface area contributed by atoms with Gasteiger partial charge in [0, 0.05) is 6.61 Å². The minimum absolute atomic E-state index is 0.292. The Balaban J connectivity index is 2.28. The number of hydrogen-bond acceptors (Lipinski definition) is 3. The van der Waals surface area contributed by atoms with Crippen LogP contribution in [0.15, 0.2) is 0 Å². The van der Waals surface area contributed by atoms with Crippen LogP contribution in [0.1, 0.15) is 58.8 Å². The van der Waals surface area contributed by atoms with Crippen LogP contribution in [0.25, 0.3) is 0 Å². The number of nitrogens with one attached hydrogen (secondary N) is 1. The molecule has 0 saturated heterocycles. The van der Waals surface area contributed by atoms with Crippen LogP contribution < -0.4 is 11.1 Å². The highest BCUT2D eigenvalue weighted by molar-refractivity contribution is 5.84. The van der Waals surface area contributed by atoms with Crippen molar-refractivity contribution in [3.63, 3.8) is 0 Å². The first-order valence-corrected chi connectivity index (χ1v) is 7.64. The van der Waals surface area contributed by atoms with Crippen molar-refractivity contribution in [2.45, 2.75) is 70.4 Å². The zero-order valence-corrected chi connectivity index (χ0v) is 12.7. The standard InChI is InChI=1S/C15H30N2O2/c1-4-12-8-5-6-9-13(12)19-11-7-10-15(2,17-3)14(16)18/h12-13,17H,4-11H2,1-3H3,(H2,16,18). The highest BCUT2D eigenvalue weighted by atomic mass is 16.5. The second kappa shape index (κ2) is 7.85. The molecule has 1 aliphatic carbocycles. The molecule has 1 fully saturated rings. The molecule has 0 aromatic carbocycles. The Kier molecular flexibility index (Phi) is 6.80. The Morgan fingerprint density at radius 2 is 2.11 bits per heavy atom. The molecule has 0 bridgehead atoms. The third kappa shape index (κ3) is 4.77. The number of amides is 1. The molecule has 19 heavy (non-hydrogen) atoms. The summed E-state index contributed by atoms with van der Waals surface area (Å²) in [4.78, 5) is 11.4. The fraction of sp³-hybridized carbons (Fsp3) is 0.933. The van der Waals surface area contributed by atoms with Gasteiger partial charge in [0.1, 0.15) is 0 Å². The summed E-state index contributed by atoms with van der Waals surface area (Å²) in [6, 6.07) is 0. The van der Waals surface area contributed by atoms with Gasteiger partial charge in [0.15, 0.2) is 0 Å². The molecule has 0 radical (unpaired) electrons. The second-order valence-electron chi connectivity index (χ2n) is 5.91. The first-order valence-electron chi connectivity index (χ1n) is 7.64. The maximum Gasteiger partial charge on any atom is 0.237 e. The average Bonchev–Trinajstić information content (AvgIpc) is 2.43. The van der Waals surface area contributed by atoms with Gasteiger partial charge in [-0.15, -0.1) is 0 Å². The normalized spacial score (nSPS) is 26.9. The zero-order chi connectivity index (χ0) is 14.3. The summed E-state index contributed by atoms with van der Waals surface area (Å²) in [5, 5.41) is 3.01. The first-order chi connectivity index (χ1) is 9.03. The number of likely N-dealkylation sites (N-methyl/N-ethyl adjacent to an activating group) is 1. The number of carbonyl (C=O) groups is 1. The molecule has 1 amide bonds. The van der Waals surface area contributed by atoms with E-state index in [1.807, 2.05) is 6.92 Å². The average molecular weight is 270 g/mol. The summed E-state index contributed by atoms with van der Waals surface area (Å²) in [7, 11) is 1.78. The lowest BCUT2D eigenvalue weighted by Gasteiger charge is -2.31. The third-order valence-electron chi connectivity index (χ3n) is 4.61. The van der Waals surface area contributed by atoms with Gasteiger partial charge in [-0.3, -0.25) is 4.79 Å². The van der Waals surface area contributed by atoms with Crippen LogP contribution in [0, 0.1) is 5.92 Å². The van der Waals surface area contributed by atoms with Crippen LogP contribution in [0.5, 0.6) is 0 Å². The predicted octanol–water partition coefficient (Wildman–Crippen LogP) is 2.22. The lowest BCUT2D eigenvalue weighted by molar-refractivity contribution is -0.124. The topological polar surface area (TPSA) is 64.3 Å². The third-order valence-corrected chi connectivity index (χ3v) is 4.61. The van der Waals surface area contributed by atoms with Crippen molar-refractivity contribution in [2.24, 2.45) is 11.7 Å². The van der Waals surface area contributed by atoms with E-state index in [1.54, 1.807) is 7.05 Å². The fourth-order valence-electron chi connectivity index (χ4n) is 2.89. The van der Waals surface area contributed by atoms with Crippen molar-refractivity contribution in [1.29, 1.82) is 0 Å². The fourth-order valence-corrected chi connectivity index (χ4v) is 2.89. The minimum atomic E-state index is -0.611. The number of primary amides is 1. The zero-order valence-electron chi connectivity index (χ0n) is 12.7. The van der Waals surface area contributed by atoms with E-state index in [1.165, 1.54) is 32.1 Å². The monoisotopic (exact) mass is 270 g/mol. The van der Waals surface area contributed by atoms with Crippen molar-refractivity contribution in [3.05, 3.63) is 0 Å². The van der Waals surface area contributed by atoms with Crippen LogP contribution in [0.2, 0.25) is 0 Å². The van der Waals surface area contributed by atoms with Crippen molar-refractivity contribution >= 4 is 5.91 Å². The highest BCUT2D eigenvalue weighted by Crippen LogP contribution is 2.29. The molecule has 112 valence electrons. The highest BCUT2D eigenvalue weighted by Gasteiger charge is 2.29. The van der Waals surface area contributed by atoms with Gasteiger partial charge < -0.3 is 15.8 Å². The van der Waals surface area contributed by atoms with Crippen LogP contribution in [-0.4, -0.2) is 31.2 Å². The Bertz CT molecular complexity index is 283. The summed E-state index contributed by atoms with van der Waals surface area (Å²) in [6.07, 6.45) is 8.35. The van der Waals surface area contributed by atoms with Crippen molar-refractivity contribution < 1.29 is 9.53 Å². The first kappa shape index (κ1) is 16.4. The smallest absolute Gasteiger partial charge is 0.237 e. The Morgan fingerprint density at radius 1 is 1.42 bits per heavy atom. The van der Waals surface area contributed by atoms with E-state index in [0.29, 0.717) is 6.10 Å². The molecule has 0 aromatic heterocycles. The summed E-state index contributed by atoms with van der Waals surface area (Å²) < 4.78 is 6.03. The van der Waals surface area contributed by atoms with E-state index < -0.39 is 5.54 Å². The molecule has 1 saturated carbocycles. The molecule has 3 atom stereocenters. The summed E-state index contributed by atoms with van der Waals surface area (Å²) in [6.45, 7) is 4.83. The van der Waals surface area contributed by atoms with E-state index in [4.69, 9.17) is 10.5 Å². The molecule has 0 spiro atoms. The second-order valence-corrected chi connectivity index (χ2v) is 5.91. The van der Waals surface area contributed by atoms with Crippen LogP contribution in [-0.2, 0) is 9.53 Å². The van der Waals surface area contributed by atoms with E-state index >= 15 is 0 Å². The Labute approximate surface area is 117 Å². The van der Waals surface area contributed by atoms with Gasteiger partial charge in [-0.05, 0) is 45.6 Å². The molecule has 1 rings (SSSR count). The molecule has 0 aromatic rings. The summed E-state index contributed by atoms with van der Waals surface area (Å²) in [5.74, 6) is 0.430. The van der Waals surface area contributed by atoms with Crippen molar-refractivity contribution in [1.82, 2.24) is 5.32 Å². The van der Waals surface area contributed by atoms with Gasteiger partial charge in [0.2, 0.25) is 5.91 Å². The molecule has 3 unspecified atom stereocenters. The van der Waals surface area contributed by atoms with E-state index in [-0.39, 0.29) is 5.91 Å². The van der Waals surface area contributed by atoms with Crippen LogP contribution >= 0.6 is 0 Å². The van der Waals surface area contributed by atoms with Crippen LogP contribution in [0.3, 0.4) is 0 Å². The van der Waals surface area contributed by atoms with Gasteiger partial charge in [-0.25, -0.2) is 0 Å². The van der Waals surface area contributed by atoms with E-state index in [9.17, 15) is 4.79 Å². The van der Waals surface area contributed by atoms with Gasteiger partial charge in [0.25, 0.3) is 0 Å². The maximum atomic E-state index is 11.4. The van der Waals surface area contributed by atoms with Gasteiger partial charge >= 0.3 is 0 Å². The molecular weight excluding hydrogens is 240 g/mol. The predicted molar refractivity (Wildman–Crippen MR) is 77.9 cm³/mol. The van der Waals surface area contributed by atoms with Crippen LogP contribution in [0.4, 0.5) is 0 Å².